The lowest BCUT2D eigenvalue weighted by atomic mass is 9.94. The third-order valence-corrected chi connectivity index (χ3v) is 4.75. The van der Waals surface area contributed by atoms with Crippen molar-refractivity contribution < 1.29 is 5.11 Å². The molecule has 0 fully saturated rings. The van der Waals surface area contributed by atoms with Crippen molar-refractivity contribution in [2.24, 2.45) is 0 Å². The molecule has 0 aliphatic rings. The average Bonchev–Trinajstić information content (AvgIpc) is 2.68. The average molecular weight is 330 g/mol. The lowest BCUT2D eigenvalue weighted by molar-refractivity contribution is 0.282. The first-order valence-corrected chi connectivity index (χ1v) is 9.17. The zero-order valence-electron chi connectivity index (χ0n) is 15.1. The highest BCUT2D eigenvalue weighted by Crippen LogP contribution is 2.28. The van der Waals surface area contributed by atoms with Gasteiger partial charge in [0.2, 0.25) is 0 Å². The van der Waals surface area contributed by atoms with Gasteiger partial charge in [0, 0.05) is 0 Å². The molecule has 1 heteroatoms. The molecule has 0 saturated heterocycles. The molecule has 128 valence electrons. The zero-order chi connectivity index (χ0) is 17.6. The van der Waals surface area contributed by atoms with E-state index in [0.717, 1.165) is 18.4 Å². The van der Waals surface area contributed by atoms with Crippen molar-refractivity contribution in [1.82, 2.24) is 0 Å². The molecule has 0 radical (unpaired) electrons. The molecule has 0 saturated carbocycles. The number of rotatable bonds is 6. The Morgan fingerprint density at radius 3 is 1.80 bits per heavy atom. The van der Waals surface area contributed by atoms with E-state index in [9.17, 15) is 5.11 Å². The van der Waals surface area contributed by atoms with E-state index in [1.165, 1.54) is 39.8 Å². The third kappa shape index (κ3) is 4.00. The molecular formula is C24H26O. The van der Waals surface area contributed by atoms with Crippen LogP contribution in [0.15, 0.2) is 66.7 Å². The summed E-state index contributed by atoms with van der Waals surface area (Å²) in [6, 6.07) is 23.9. The van der Waals surface area contributed by atoms with Crippen molar-refractivity contribution in [2.45, 2.75) is 39.7 Å². The minimum atomic E-state index is 0.0975. The number of aryl methyl sites for hydroxylation is 2. The van der Waals surface area contributed by atoms with Crippen LogP contribution in [0.25, 0.3) is 22.3 Å². The second kappa shape index (κ2) is 8.13. The molecule has 1 N–H and O–H groups in total. The normalized spacial score (nSPS) is 10.8. The zero-order valence-corrected chi connectivity index (χ0v) is 15.1. The highest BCUT2D eigenvalue weighted by molar-refractivity contribution is 5.72. The molecular weight excluding hydrogens is 304 g/mol. The predicted molar refractivity (Wildman–Crippen MR) is 107 cm³/mol. The van der Waals surface area contributed by atoms with Crippen molar-refractivity contribution >= 4 is 0 Å². The minimum absolute atomic E-state index is 0.0975. The first-order chi connectivity index (χ1) is 12.2. The predicted octanol–water partition coefficient (Wildman–Crippen LogP) is 6.03. The summed E-state index contributed by atoms with van der Waals surface area (Å²) in [6.45, 7) is 4.47. The van der Waals surface area contributed by atoms with Crippen LogP contribution < -0.4 is 0 Å². The fraction of sp³-hybridized carbons (Fsp3) is 0.250. The fourth-order valence-electron chi connectivity index (χ4n) is 3.31. The van der Waals surface area contributed by atoms with E-state index in [2.05, 4.69) is 74.5 Å². The summed E-state index contributed by atoms with van der Waals surface area (Å²) in [7, 11) is 0. The molecule has 3 aromatic carbocycles. The van der Waals surface area contributed by atoms with Crippen LogP contribution in [0.2, 0.25) is 0 Å². The molecule has 3 aromatic rings. The molecule has 0 aromatic heterocycles. The number of aliphatic hydroxyl groups is 1. The first kappa shape index (κ1) is 17.4. The van der Waals surface area contributed by atoms with Gasteiger partial charge in [-0.2, -0.15) is 0 Å². The molecule has 0 spiro atoms. The summed E-state index contributed by atoms with van der Waals surface area (Å²) in [5, 5.41) is 9.33. The van der Waals surface area contributed by atoms with Gasteiger partial charge in [-0.25, -0.2) is 0 Å². The number of hydrogen-bond acceptors (Lipinski definition) is 1. The maximum atomic E-state index is 9.33. The van der Waals surface area contributed by atoms with Gasteiger partial charge in [-0.1, -0.05) is 87.0 Å². The van der Waals surface area contributed by atoms with E-state index in [1.54, 1.807) is 0 Å². The van der Waals surface area contributed by atoms with Crippen molar-refractivity contribution in [2.75, 3.05) is 0 Å². The number of hydrogen-bond donors (Lipinski definition) is 1. The van der Waals surface area contributed by atoms with Crippen molar-refractivity contribution in [1.29, 1.82) is 0 Å². The van der Waals surface area contributed by atoms with Gasteiger partial charge in [-0.15, -0.1) is 0 Å². The van der Waals surface area contributed by atoms with E-state index in [4.69, 9.17) is 0 Å². The Hall–Kier alpha value is -2.38. The van der Waals surface area contributed by atoms with Crippen LogP contribution in [0.1, 0.15) is 37.0 Å². The van der Waals surface area contributed by atoms with Crippen LogP contribution in [-0.2, 0) is 19.4 Å². The Balaban J connectivity index is 1.87. The molecule has 0 bridgehead atoms. The van der Waals surface area contributed by atoms with Crippen LogP contribution >= 0.6 is 0 Å². The second-order valence-corrected chi connectivity index (χ2v) is 6.53. The van der Waals surface area contributed by atoms with Crippen molar-refractivity contribution in [3.63, 3.8) is 0 Å². The van der Waals surface area contributed by atoms with Crippen LogP contribution in [0.4, 0.5) is 0 Å². The SMILES string of the molecule is CCCc1ccc(-c2ccc(-c3ccc(CO)cc3CC)cc2)cc1. The largest absolute Gasteiger partial charge is 0.392 e. The minimum Gasteiger partial charge on any atom is -0.392 e. The molecule has 1 nitrogen and oxygen atoms in total. The molecule has 0 aliphatic carbocycles. The molecule has 0 amide bonds. The summed E-state index contributed by atoms with van der Waals surface area (Å²) < 4.78 is 0. The van der Waals surface area contributed by atoms with Gasteiger partial charge in [0.25, 0.3) is 0 Å². The van der Waals surface area contributed by atoms with Gasteiger partial charge in [0.15, 0.2) is 0 Å². The lowest BCUT2D eigenvalue weighted by Crippen LogP contribution is -1.92. The van der Waals surface area contributed by atoms with Gasteiger partial charge < -0.3 is 5.11 Å². The smallest absolute Gasteiger partial charge is 0.0681 e. The Kier molecular flexibility index (Phi) is 5.67. The Bertz CT molecular complexity index is 814. The van der Waals surface area contributed by atoms with Gasteiger partial charge in [0.1, 0.15) is 0 Å². The topological polar surface area (TPSA) is 20.2 Å². The van der Waals surface area contributed by atoms with E-state index >= 15 is 0 Å². The maximum Gasteiger partial charge on any atom is 0.0681 e. The quantitative estimate of drug-likeness (QED) is 0.585. The van der Waals surface area contributed by atoms with E-state index in [1.807, 2.05) is 6.07 Å². The highest BCUT2D eigenvalue weighted by atomic mass is 16.3. The molecule has 25 heavy (non-hydrogen) atoms. The monoisotopic (exact) mass is 330 g/mol. The summed E-state index contributed by atoms with van der Waals surface area (Å²) in [4.78, 5) is 0. The third-order valence-electron chi connectivity index (χ3n) is 4.75. The van der Waals surface area contributed by atoms with Gasteiger partial charge in [0.05, 0.1) is 6.61 Å². The second-order valence-electron chi connectivity index (χ2n) is 6.53. The van der Waals surface area contributed by atoms with E-state index in [0.29, 0.717) is 0 Å². The lowest BCUT2D eigenvalue weighted by Gasteiger charge is -2.11. The van der Waals surface area contributed by atoms with E-state index in [-0.39, 0.29) is 6.61 Å². The number of aliphatic hydroxyl groups excluding tert-OH is 1. The van der Waals surface area contributed by atoms with Crippen molar-refractivity contribution in [3.8, 4) is 22.3 Å². The Morgan fingerprint density at radius 2 is 1.24 bits per heavy atom. The van der Waals surface area contributed by atoms with Gasteiger partial charge in [-0.3, -0.25) is 0 Å². The molecule has 3 rings (SSSR count). The van der Waals surface area contributed by atoms with Crippen LogP contribution in [-0.4, -0.2) is 5.11 Å². The van der Waals surface area contributed by atoms with E-state index < -0.39 is 0 Å². The van der Waals surface area contributed by atoms with Crippen LogP contribution in [0.5, 0.6) is 0 Å². The van der Waals surface area contributed by atoms with Gasteiger partial charge in [-0.05, 0) is 51.8 Å². The Labute approximate surface area is 151 Å². The summed E-state index contributed by atoms with van der Waals surface area (Å²) in [5.74, 6) is 0. The first-order valence-electron chi connectivity index (χ1n) is 9.17. The molecule has 0 atom stereocenters. The Morgan fingerprint density at radius 1 is 0.680 bits per heavy atom. The number of benzene rings is 3. The molecule has 0 aliphatic heterocycles. The van der Waals surface area contributed by atoms with Crippen molar-refractivity contribution in [3.05, 3.63) is 83.4 Å². The summed E-state index contributed by atoms with van der Waals surface area (Å²) >= 11 is 0. The summed E-state index contributed by atoms with van der Waals surface area (Å²) in [6.07, 6.45) is 3.29. The van der Waals surface area contributed by atoms with Crippen LogP contribution in [0.3, 0.4) is 0 Å². The van der Waals surface area contributed by atoms with Gasteiger partial charge >= 0.3 is 0 Å². The van der Waals surface area contributed by atoms with Crippen LogP contribution in [0, 0.1) is 0 Å². The highest BCUT2D eigenvalue weighted by Gasteiger charge is 2.06. The fourth-order valence-corrected chi connectivity index (χ4v) is 3.31. The summed E-state index contributed by atoms with van der Waals surface area (Å²) in [5.41, 5.74) is 8.65. The molecule has 0 unspecified atom stereocenters. The molecule has 0 heterocycles. The standard InChI is InChI=1S/C24H26O/c1-3-5-18-6-9-21(10-7-18)22-11-13-23(14-12-22)24-15-8-19(17-25)16-20(24)4-2/h6-16,25H,3-5,17H2,1-2H3. The maximum absolute atomic E-state index is 9.33.